The van der Waals surface area contributed by atoms with Gasteiger partial charge in [0.2, 0.25) is 5.13 Å². The second-order valence-corrected chi connectivity index (χ2v) is 6.98. The van der Waals surface area contributed by atoms with Crippen molar-refractivity contribution in [1.29, 1.82) is 0 Å². The van der Waals surface area contributed by atoms with Crippen LogP contribution in [0.1, 0.15) is 48.0 Å². The maximum Gasteiger partial charge on any atom is 0.258 e. The number of amides is 1. The summed E-state index contributed by atoms with van der Waals surface area (Å²) in [5.41, 5.74) is 0.694. The lowest BCUT2D eigenvalue weighted by atomic mass is 10.1. The Morgan fingerprint density at radius 1 is 1.23 bits per heavy atom. The maximum absolute atomic E-state index is 12.4. The van der Waals surface area contributed by atoms with Crippen LogP contribution in [-0.2, 0) is 0 Å². The molecule has 22 heavy (non-hydrogen) atoms. The van der Waals surface area contributed by atoms with E-state index in [9.17, 15) is 4.79 Å². The third-order valence-corrected chi connectivity index (χ3v) is 5.69. The van der Waals surface area contributed by atoms with Crippen LogP contribution in [0.3, 0.4) is 0 Å². The van der Waals surface area contributed by atoms with Crippen LogP contribution in [0, 0.1) is 0 Å². The number of hydrogen-bond donors (Lipinski definition) is 1. The van der Waals surface area contributed by atoms with Gasteiger partial charge in [0.1, 0.15) is 5.01 Å². The minimum Gasteiger partial charge on any atom is -0.296 e. The summed E-state index contributed by atoms with van der Waals surface area (Å²) in [6, 6.07) is 7.92. The van der Waals surface area contributed by atoms with Crippen molar-refractivity contribution in [2.24, 2.45) is 0 Å². The standard InChI is InChI=1S/C16H17N3OS2/c1-3-10(4-2)15-18-19-16(22-15)17-14(20)12-9-21-13-8-6-5-7-11(12)13/h5-10H,3-4H2,1-2H3,(H,17,19,20). The minimum atomic E-state index is -0.121. The van der Waals surface area contributed by atoms with E-state index in [1.165, 1.54) is 11.3 Å². The van der Waals surface area contributed by atoms with Crippen LogP contribution in [0.5, 0.6) is 0 Å². The number of thiophene rings is 1. The number of fused-ring (bicyclic) bond motifs is 1. The molecule has 0 atom stereocenters. The van der Waals surface area contributed by atoms with Crippen LogP contribution in [0.4, 0.5) is 5.13 Å². The van der Waals surface area contributed by atoms with E-state index in [2.05, 4.69) is 29.4 Å². The number of nitrogens with one attached hydrogen (secondary N) is 1. The Morgan fingerprint density at radius 3 is 2.77 bits per heavy atom. The number of rotatable bonds is 5. The average Bonchev–Trinajstić information content (AvgIpc) is 3.15. The maximum atomic E-state index is 12.4. The van der Waals surface area contributed by atoms with Crippen LogP contribution in [0.25, 0.3) is 10.1 Å². The van der Waals surface area contributed by atoms with Gasteiger partial charge >= 0.3 is 0 Å². The first kappa shape index (κ1) is 15.1. The predicted molar refractivity (Wildman–Crippen MR) is 93.0 cm³/mol. The molecule has 0 unspecified atom stereocenters. The van der Waals surface area contributed by atoms with Crippen LogP contribution in [-0.4, -0.2) is 16.1 Å². The molecule has 3 rings (SSSR count). The molecule has 0 saturated carbocycles. The van der Waals surface area contributed by atoms with Gasteiger partial charge in [0.15, 0.2) is 0 Å². The molecular weight excluding hydrogens is 314 g/mol. The Labute approximate surface area is 137 Å². The Morgan fingerprint density at radius 2 is 2.00 bits per heavy atom. The van der Waals surface area contributed by atoms with Gasteiger partial charge < -0.3 is 0 Å². The van der Waals surface area contributed by atoms with E-state index in [0.29, 0.717) is 16.6 Å². The SMILES string of the molecule is CCC(CC)c1nnc(NC(=O)c2csc3ccccc23)s1. The van der Waals surface area contributed by atoms with Gasteiger partial charge in [-0.2, -0.15) is 0 Å². The first-order valence-corrected chi connectivity index (χ1v) is 9.03. The molecule has 2 heterocycles. The summed E-state index contributed by atoms with van der Waals surface area (Å²) in [5, 5.41) is 15.6. The summed E-state index contributed by atoms with van der Waals surface area (Å²) in [4.78, 5) is 12.4. The van der Waals surface area contributed by atoms with Crippen molar-refractivity contribution < 1.29 is 4.79 Å². The molecule has 0 aliphatic heterocycles. The van der Waals surface area contributed by atoms with Crippen LogP contribution in [0.2, 0.25) is 0 Å². The largest absolute Gasteiger partial charge is 0.296 e. The summed E-state index contributed by atoms with van der Waals surface area (Å²) in [5.74, 6) is 0.301. The molecule has 0 spiro atoms. The van der Waals surface area contributed by atoms with Crippen molar-refractivity contribution in [3.63, 3.8) is 0 Å². The molecule has 114 valence electrons. The van der Waals surface area contributed by atoms with Crippen LogP contribution in [0.15, 0.2) is 29.6 Å². The number of benzene rings is 1. The Kier molecular flexibility index (Phi) is 4.49. The topological polar surface area (TPSA) is 54.9 Å². The smallest absolute Gasteiger partial charge is 0.258 e. The lowest BCUT2D eigenvalue weighted by Crippen LogP contribution is -2.10. The molecule has 4 nitrogen and oxygen atoms in total. The number of carbonyl (C=O) groups is 1. The molecule has 0 bridgehead atoms. The molecule has 0 radical (unpaired) electrons. The molecule has 1 amide bonds. The molecule has 0 saturated heterocycles. The molecule has 3 aromatic rings. The molecule has 0 aliphatic carbocycles. The van der Waals surface area contributed by atoms with E-state index in [1.54, 1.807) is 11.3 Å². The fraction of sp³-hybridized carbons (Fsp3) is 0.312. The van der Waals surface area contributed by atoms with Crippen molar-refractivity contribution in [2.75, 3.05) is 5.32 Å². The Balaban J connectivity index is 1.80. The predicted octanol–water partition coefficient (Wildman–Crippen LogP) is 4.91. The van der Waals surface area contributed by atoms with E-state index in [0.717, 1.165) is 27.9 Å². The fourth-order valence-electron chi connectivity index (χ4n) is 2.41. The van der Waals surface area contributed by atoms with E-state index in [-0.39, 0.29) is 5.91 Å². The Hall–Kier alpha value is -1.79. The van der Waals surface area contributed by atoms with Crippen molar-refractivity contribution in [1.82, 2.24) is 10.2 Å². The first-order valence-electron chi connectivity index (χ1n) is 7.33. The molecule has 2 aromatic heterocycles. The van der Waals surface area contributed by atoms with Crippen LogP contribution >= 0.6 is 22.7 Å². The third kappa shape index (κ3) is 2.89. The summed E-state index contributed by atoms with van der Waals surface area (Å²) < 4.78 is 1.11. The molecule has 6 heteroatoms. The third-order valence-electron chi connectivity index (χ3n) is 3.72. The average molecular weight is 331 g/mol. The second kappa shape index (κ2) is 6.54. The first-order chi connectivity index (χ1) is 10.7. The number of nitrogens with zero attached hydrogens (tertiary/aromatic N) is 2. The van der Waals surface area contributed by atoms with E-state index in [4.69, 9.17) is 0 Å². The highest BCUT2D eigenvalue weighted by atomic mass is 32.1. The van der Waals surface area contributed by atoms with Crippen molar-refractivity contribution in [3.05, 3.63) is 40.2 Å². The minimum absolute atomic E-state index is 0.121. The number of anilines is 1. The van der Waals surface area contributed by atoms with Crippen molar-refractivity contribution >= 4 is 43.8 Å². The highest BCUT2D eigenvalue weighted by Gasteiger charge is 2.17. The molecule has 1 aromatic carbocycles. The number of aromatic nitrogens is 2. The monoisotopic (exact) mass is 331 g/mol. The quantitative estimate of drug-likeness (QED) is 0.723. The summed E-state index contributed by atoms with van der Waals surface area (Å²) in [6.45, 7) is 4.29. The zero-order chi connectivity index (χ0) is 15.5. The van der Waals surface area contributed by atoms with E-state index in [1.807, 2.05) is 29.6 Å². The zero-order valence-corrected chi connectivity index (χ0v) is 14.1. The molecule has 1 N–H and O–H groups in total. The van der Waals surface area contributed by atoms with Gasteiger partial charge in [0.05, 0.1) is 5.56 Å². The Bertz CT molecular complexity index is 789. The van der Waals surface area contributed by atoms with Gasteiger partial charge in [-0.25, -0.2) is 0 Å². The molecular formula is C16H17N3OS2. The second-order valence-electron chi connectivity index (χ2n) is 5.06. The molecule has 0 aliphatic rings. The lowest BCUT2D eigenvalue weighted by molar-refractivity contribution is 0.102. The van der Waals surface area contributed by atoms with E-state index >= 15 is 0 Å². The van der Waals surface area contributed by atoms with Crippen molar-refractivity contribution in [2.45, 2.75) is 32.6 Å². The normalized spacial score (nSPS) is 11.2. The fourth-order valence-corrected chi connectivity index (χ4v) is 4.35. The highest BCUT2D eigenvalue weighted by Crippen LogP contribution is 2.30. The summed E-state index contributed by atoms with van der Waals surface area (Å²) in [7, 11) is 0. The number of hydrogen-bond acceptors (Lipinski definition) is 5. The van der Waals surface area contributed by atoms with Gasteiger partial charge in [-0.3, -0.25) is 10.1 Å². The lowest BCUT2D eigenvalue weighted by Gasteiger charge is -2.05. The highest BCUT2D eigenvalue weighted by molar-refractivity contribution is 7.17. The van der Waals surface area contributed by atoms with Gasteiger partial charge in [-0.1, -0.05) is 43.4 Å². The van der Waals surface area contributed by atoms with Crippen molar-refractivity contribution in [3.8, 4) is 0 Å². The van der Waals surface area contributed by atoms with E-state index < -0.39 is 0 Å². The van der Waals surface area contributed by atoms with Gasteiger partial charge in [-0.05, 0) is 18.9 Å². The van der Waals surface area contributed by atoms with Gasteiger partial charge in [0, 0.05) is 21.4 Å². The zero-order valence-electron chi connectivity index (χ0n) is 12.5. The summed E-state index contributed by atoms with van der Waals surface area (Å²) >= 11 is 3.05. The van der Waals surface area contributed by atoms with Gasteiger partial charge in [-0.15, -0.1) is 21.5 Å². The summed E-state index contributed by atoms with van der Waals surface area (Å²) in [6.07, 6.45) is 2.07. The number of carbonyl (C=O) groups excluding carboxylic acids is 1. The molecule has 0 fully saturated rings. The van der Waals surface area contributed by atoms with Crippen LogP contribution < -0.4 is 5.32 Å². The van der Waals surface area contributed by atoms with Gasteiger partial charge in [0.25, 0.3) is 5.91 Å².